The standard InChI is InChI=1S/C16H17NO5S/c1-4-21-15(19)11(3)17-14(18)13(23-16(17)20)9-10(2)8-12-6-5-7-22-12/h5-9,11H,4H2,1-3H3. The minimum absolute atomic E-state index is 0.195. The zero-order chi connectivity index (χ0) is 17.0. The van der Waals surface area contributed by atoms with Gasteiger partial charge in [-0.05, 0) is 62.4 Å². The van der Waals surface area contributed by atoms with Crippen LogP contribution < -0.4 is 0 Å². The number of hydrogen-bond donors (Lipinski definition) is 0. The van der Waals surface area contributed by atoms with Crippen molar-refractivity contribution in [2.24, 2.45) is 0 Å². The van der Waals surface area contributed by atoms with Gasteiger partial charge in [0.1, 0.15) is 11.8 Å². The number of ether oxygens (including phenoxy) is 1. The van der Waals surface area contributed by atoms with Gasteiger partial charge in [0.2, 0.25) is 0 Å². The Labute approximate surface area is 138 Å². The number of esters is 1. The van der Waals surface area contributed by atoms with Crippen LogP contribution >= 0.6 is 11.8 Å². The molecule has 0 aromatic carbocycles. The predicted octanol–water partition coefficient (Wildman–Crippen LogP) is 3.21. The Kier molecular flexibility index (Phi) is 5.44. The molecule has 7 heteroatoms. The van der Waals surface area contributed by atoms with Crippen molar-refractivity contribution in [1.82, 2.24) is 4.90 Å². The molecule has 0 saturated carbocycles. The van der Waals surface area contributed by atoms with Gasteiger partial charge < -0.3 is 9.15 Å². The number of rotatable bonds is 5. The normalized spacial score (nSPS) is 18.7. The van der Waals surface area contributed by atoms with Gasteiger partial charge in [0.15, 0.2) is 0 Å². The van der Waals surface area contributed by atoms with E-state index < -0.39 is 23.2 Å². The highest BCUT2D eigenvalue weighted by atomic mass is 32.2. The fraction of sp³-hybridized carbons (Fsp3) is 0.312. The van der Waals surface area contributed by atoms with Crippen LogP contribution in [-0.4, -0.2) is 34.7 Å². The van der Waals surface area contributed by atoms with E-state index >= 15 is 0 Å². The summed E-state index contributed by atoms with van der Waals surface area (Å²) >= 11 is 0.806. The van der Waals surface area contributed by atoms with Crippen LogP contribution in [0.4, 0.5) is 4.79 Å². The Hall–Kier alpha value is -2.28. The summed E-state index contributed by atoms with van der Waals surface area (Å²) in [6.07, 6.45) is 4.90. The first-order valence-electron chi connectivity index (χ1n) is 7.09. The highest BCUT2D eigenvalue weighted by Crippen LogP contribution is 2.33. The van der Waals surface area contributed by atoms with Gasteiger partial charge in [-0.15, -0.1) is 0 Å². The number of allylic oxidation sites excluding steroid dienone is 2. The van der Waals surface area contributed by atoms with Crippen LogP contribution in [0.3, 0.4) is 0 Å². The van der Waals surface area contributed by atoms with Crippen LogP contribution in [0.2, 0.25) is 0 Å². The molecule has 1 aromatic rings. The van der Waals surface area contributed by atoms with Crippen LogP contribution in [-0.2, 0) is 14.3 Å². The SMILES string of the molecule is CCOC(=O)C(C)N1C(=O)SC(=CC(C)=Cc2ccco2)C1=O. The summed E-state index contributed by atoms with van der Waals surface area (Å²) in [7, 11) is 0. The van der Waals surface area contributed by atoms with E-state index in [0.29, 0.717) is 5.76 Å². The smallest absolute Gasteiger partial charge is 0.329 e. The molecule has 2 heterocycles. The van der Waals surface area contributed by atoms with Crippen molar-refractivity contribution in [3.8, 4) is 0 Å². The van der Waals surface area contributed by atoms with Gasteiger partial charge in [-0.3, -0.25) is 14.5 Å². The Morgan fingerprint density at radius 3 is 2.83 bits per heavy atom. The molecule has 1 unspecified atom stereocenters. The zero-order valence-electron chi connectivity index (χ0n) is 13.1. The van der Waals surface area contributed by atoms with Gasteiger partial charge >= 0.3 is 5.97 Å². The van der Waals surface area contributed by atoms with Crippen LogP contribution in [0, 0.1) is 0 Å². The third-order valence-electron chi connectivity index (χ3n) is 3.11. The summed E-state index contributed by atoms with van der Waals surface area (Å²) in [4.78, 5) is 37.3. The maximum atomic E-state index is 12.4. The molecule has 1 atom stereocenters. The predicted molar refractivity (Wildman–Crippen MR) is 86.4 cm³/mol. The highest BCUT2D eigenvalue weighted by molar-refractivity contribution is 8.18. The molecule has 1 aliphatic rings. The zero-order valence-corrected chi connectivity index (χ0v) is 13.9. The summed E-state index contributed by atoms with van der Waals surface area (Å²) in [6.45, 7) is 5.13. The van der Waals surface area contributed by atoms with Gasteiger partial charge in [0.25, 0.3) is 11.1 Å². The molecule has 0 aliphatic carbocycles. The Morgan fingerprint density at radius 2 is 2.22 bits per heavy atom. The van der Waals surface area contributed by atoms with Crippen molar-refractivity contribution >= 4 is 35.0 Å². The fourth-order valence-electron chi connectivity index (χ4n) is 2.03. The third kappa shape index (κ3) is 3.92. The van der Waals surface area contributed by atoms with Crippen molar-refractivity contribution in [2.45, 2.75) is 26.8 Å². The Balaban J connectivity index is 2.17. The molecule has 23 heavy (non-hydrogen) atoms. The van der Waals surface area contributed by atoms with E-state index in [1.807, 2.05) is 0 Å². The molecule has 0 bridgehead atoms. The monoisotopic (exact) mass is 335 g/mol. The summed E-state index contributed by atoms with van der Waals surface area (Å²) in [5.74, 6) is -0.440. The molecule has 1 saturated heterocycles. The molecule has 122 valence electrons. The minimum atomic E-state index is -0.942. The lowest BCUT2D eigenvalue weighted by atomic mass is 10.2. The molecule has 0 spiro atoms. The molecule has 1 aromatic heterocycles. The molecular weight excluding hydrogens is 318 g/mol. The van der Waals surface area contributed by atoms with E-state index in [9.17, 15) is 14.4 Å². The van der Waals surface area contributed by atoms with Crippen LogP contribution in [0.25, 0.3) is 6.08 Å². The van der Waals surface area contributed by atoms with Crippen LogP contribution in [0.15, 0.2) is 39.4 Å². The maximum Gasteiger partial charge on any atom is 0.329 e. The first-order chi connectivity index (χ1) is 10.9. The van der Waals surface area contributed by atoms with Gasteiger partial charge in [-0.25, -0.2) is 4.79 Å². The van der Waals surface area contributed by atoms with Gasteiger partial charge in [0, 0.05) is 0 Å². The summed E-state index contributed by atoms with van der Waals surface area (Å²) in [6, 6.07) is 2.60. The van der Waals surface area contributed by atoms with Crippen molar-refractivity contribution in [3.05, 3.63) is 40.7 Å². The maximum absolute atomic E-state index is 12.4. The van der Waals surface area contributed by atoms with Crippen LogP contribution in [0.1, 0.15) is 26.5 Å². The molecule has 0 N–H and O–H groups in total. The lowest BCUT2D eigenvalue weighted by molar-refractivity contribution is -0.150. The number of carbonyl (C=O) groups excluding carboxylic acids is 3. The first kappa shape index (κ1) is 17.1. The lowest BCUT2D eigenvalue weighted by Gasteiger charge is -2.19. The first-order valence-corrected chi connectivity index (χ1v) is 7.91. The molecule has 2 amide bonds. The van der Waals surface area contributed by atoms with E-state index in [1.54, 1.807) is 44.4 Å². The average Bonchev–Trinajstić information content (AvgIpc) is 3.08. The largest absolute Gasteiger partial charge is 0.465 e. The second-order valence-electron chi connectivity index (χ2n) is 4.88. The van der Waals surface area contributed by atoms with Crippen molar-refractivity contribution in [3.63, 3.8) is 0 Å². The Bertz CT molecular complexity index is 675. The Morgan fingerprint density at radius 1 is 1.48 bits per heavy atom. The number of imide groups is 1. The quantitative estimate of drug-likeness (QED) is 0.607. The highest BCUT2D eigenvalue weighted by Gasteiger charge is 2.41. The van der Waals surface area contributed by atoms with Gasteiger partial charge in [0.05, 0.1) is 17.8 Å². The van der Waals surface area contributed by atoms with E-state index in [1.165, 1.54) is 6.92 Å². The molecular formula is C16H17NO5S. The van der Waals surface area contributed by atoms with Gasteiger partial charge in [-0.2, -0.15) is 0 Å². The molecule has 1 fully saturated rings. The number of thioether (sulfide) groups is 1. The van der Waals surface area contributed by atoms with E-state index in [0.717, 1.165) is 22.2 Å². The van der Waals surface area contributed by atoms with Crippen molar-refractivity contribution in [2.75, 3.05) is 6.61 Å². The number of carbonyl (C=O) groups is 3. The van der Waals surface area contributed by atoms with Crippen LogP contribution in [0.5, 0.6) is 0 Å². The van der Waals surface area contributed by atoms with Crippen molar-refractivity contribution < 1.29 is 23.5 Å². The summed E-state index contributed by atoms with van der Waals surface area (Å²) in [5, 5.41) is -0.479. The molecule has 2 rings (SSSR count). The summed E-state index contributed by atoms with van der Waals surface area (Å²) in [5.41, 5.74) is 0.759. The lowest BCUT2D eigenvalue weighted by Crippen LogP contribution is -2.42. The topological polar surface area (TPSA) is 76.8 Å². The average molecular weight is 335 g/mol. The van der Waals surface area contributed by atoms with Gasteiger partial charge in [-0.1, -0.05) is 0 Å². The van der Waals surface area contributed by atoms with E-state index in [-0.39, 0.29) is 11.5 Å². The summed E-state index contributed by atoms with van der Waals surface area (Å²) < 4.78 is 10.1. The number of hydrogen-bond acceptors (Lipinski definition) is 6. The second-order valence-corrected chi connectivity index (χ2v) is 5.88. The molecule has 1 aliphatic heterocycles. The minimum Gasteiger partial charge on any atom is -0.465 e. The molecule has 6 nitrogen and oxygen atoms in total. The number of nitrogens with zero attached hydrogens (tertiary/aromatic N) is 1. The van der Waals surface area contributed by atoms with E-state index in [4.69, 9.17) is 9.15 Å². The third-order valence-corrected chi connectivity index (χ3v) is 3.99. The number of furan rings is 1. The van der Waals surface area contributed by atoms with Crippen molar-refractivity contribution in [1.29, 1.82) is 0 Å². The van der Waals surface area contributed by atoms with E-state index in [2.05, 4.69) is 0 Å². The second kappa shape index (κ2) is 7.32. The fourth-order valence-corrected chi connectivity index (χ4v) is 2.99. The number of amides is 2. The molecule has 0 radical (unpaired) electrons.